The Morgan fingerprint density at radius 2 is 0.823 bits per heavy atom. The summed E-state index contributed by atoms with van der Waals surface area (Å²) in [6, 6.07) is 86.9. The summed E-state index contributed by atoms with van der Waals surface area (Å²) >= 11 is 1.86. The Labute approximate surface area is 365 Å². The molecule has 12 aromatic rings. The van der Waals surface area contributed by atoms with E-state index in [1.807, 2.05) is 11.3 Å². The zero-order chi connectivity index (χ0) is 41.0. The van der Waals surface area contributed by atoms with Crippen LogP contribution < -0.4 is 4.90 Å². The van der Waals surface area contributed by atoms with Crippen LogP contribution in [0.4, 0.5) is 17.1 Å². The van der Waals surface area contributed by atoms with Gasteiger partial charge in [0.2, 0.25) is 0 Å². The van der Waals surface area contributed by atoms with E-state index in [1.54, 1.807) is 0 Å². The molecule has 62 heavy (non-hydrogen) atoms. The first-order valence-electron chi connectivity index (χ1n) is 21.3. The molecular formula is C60H39NS. The molecule has 0 spiro atoms. The molecule has 1 nitrogen and oxygen atoms in total. The number of fused-ring (bicyclic) bond motifs is 7. The highest BCUT2D eigenvalue weighted by molar-refractivity contribution is 7.25. The summed E-state index contributed by atoms with van der Waals surface area (Å²) < 4.78 is 2.59. The molecule has 0 N–H and O–H groups in total. The number of hydrogen-bond donors (Lipinski definition) is 0. The van der Waals surface area contributed by atoms with Crippen molar-refractivity contribution in [2.75, 3.05) is 4.90 Å². The summed E-state index contributed by atoms with van der Waals surface area (Å²) in [4.78, 5) is 2.47. The van der Waals surface area contributed by atoms with E-state index < -0.39 is 0 Å². The van der Waals surface area contributed by atoms with E-state index in [9.17, 15) is 0 Å². The van der Waals surface area contributed by atoms with Crippen LogP contribution in [0.15, 0.2) is 237 Å². The third-order valence-corrected chi connectivity index (χ3v) is 13.6. The minimum Gasteiger partial charge on any atom is -0.310 e. The molecule has 11 aromatic carbocycles. The summed E-state index contributed by atoms with van der Waals surface area (Å²) in [5.74, 6) is 0. The monoisotopic (exact) mass is 805 g/mol. The van der Waals surface area contributed by atoms with Gasteiger partial charge in [0.15, 0.2) is 0 Å². The minimum atomic E-state index is 1.10. The van der Waals surface area contributed by atoms with Gasteiger partial charge in [-0.15, -0.1) is 11.3 Å². The molecule has 0 bridgehead atoms. The Morgan fingerprint density at radius 3 is 1.65 bits per heavy atom. The van der Waals surface area contributed by atoms with Crippen LogP contribution in [0.3, 0.4) is 0 Å². The van der Waals surface area contributed by atoms with Crippen molar-refractivity contribution < 1.29 is 0 Å². The summed E-state index contributed by atoms with van der Waals surface area (Å²) in [6.45, 7) is 0. The molecule has 0 saturated heterocycles. The largest absolute Gasteiger partial charge is 0.310 e. The van der Waals surface area contributed by atoms with Crippen LogP contribution in [0.5, 0.6) is 0 Å². The Balaban J connectivity index is 1.12. The Bertz CT molecular complexity index is 3630. The Hall–Kier alpha value is -7.78. The van der Waals surface area contributed by atoms with Gasteiger partial charge in [-0.2, -0.15) is 0 Å². The number of para-hydroxylation sites is 1. The van der Waals surface area contributed by atoms with Gasteiger partial charge >= 0.3 is 0 Å². The van der Waals surface area contributed by atoms with Crippen molar-refractivity contribution in [3.8, 4) is 44.5 Å². The second kappa shape index (κ2) is 15.0. The van der Waals surface area contributed by atoms with Gasteiger partial charge in [-0.1, -0.05) is 188 Å². The predicted octanol–water partition coefficient (Wildman–Crippen LogP) is 17.7. The van der Waals surface area contributed by atoms with Gasteiger partial charge in [0.25, 0.3) is 0 Å². The molecule has 0 aliphatic carbocycles. The molecule has 1 heterocycles. The van der Waals surface area contributed by atoms with Crippen LogP contribution in [0.25, 0.3) is 97.0 Å². The maximum Gasteiger partial charge on any atom is 0.0540 e. The van der Waals surface area contributed by atoms with E-state index in [1.165, 1.54) is 85.9 Å². The van der Waals surface area contributed by atoms with E-state index in [0.717, 1.165) is 28.2 Å². The summed E-state index contributed by atoms with van der Waals surface area (Å²) in [7, 11) is 0. The third kappa shape index (κ3) is 6.07. The van der Waals surface area contributed by atoms with Gasteiger partial charge in [-0.05, 0) is 120 Å². The highest BCUT2D eigenvalue weighted by atomic mass is 32.1. The normalized spacial score (nSPS) is 11.5. The Morgan fingerprint density at radius 1 is 0.274 bits per heavy atom. The second-order valence-corrected chi connectivity index (χ2v) is 17.1. The molecular weight excluding hydrogens is 767 g/mol. The van der Waals surface area contributed by atoms with Crippen molar-refractivity contribution in [2.45, 2.75) is 0 Å². The van der Waals surface area contributed by atoms with E-state index in [0.29, 0.717) is 0 Å². The Kier molecular flexibility index (Phi) is 8.76. The number of anilines is 3. The third-order valence-electron chi connectivity index (χ3n) is 12.4. The lowest BCUT2D eigenvalue weighted by Gasteiger charge is -2.29. The highest BCUT2D eigenvalue weighted by Crippen LogP contribution is 2.48. The van der Waals surface area contributed by atoms with Crippen LogP contribution >= 0.6 is 11.3 Å². The number of nitrogens with zero attached hydrogens (tertiary/aromatic N) is 1. The first kappa shape index (κ1) is 36.1. The van der Waals surface area contributed by atoms with Gasteiger partial charge in [0, 0.05) is 37.1 Å². The molecule has 1 aromatic heterocycles. The number of thiophene rings is 1. The van der Waals surface area contributed by atoms with Gasteiger partial charge in [0.1, 0.15) is 0 Å². The van der Waals surface area contributed by atoms with Gasteiger partial charge in [-0.25, -0.2) is 0 Å². The average Bonchev–Trinajstić information content (AvgIpc) is 3.72. The first-order chi connectivity index (χ1) is 30.8. The van der Waals surface area contributed by atoms with Crippen LogP contribution in [0.2, 0.25) is 0 Å². The average molecular weight is 806 g/mol. The van der Waals surface area contributed by atoms with Crippen LogP contribution in [0, 0.1) is 0 Å². The van der Waals surface area contributed by atoms with Crippen molar-refractivity contribution >= 4 is 80.9 Å². The van der Waals surface area contributed by atoms with Gasteiger partial charge in [0.05, 0.1) is 5.69 Å². The van der Waals surface area contributed by atoms with Crippen LogP contribution in [-0.2, 0) is 0 Å². The maximum atomic E-state index is 2.47. The standard InChI is InChI=1S/C60H39NS/c1-3-18-41(19-4-1)59-53-29-10-9-27-50(53)51-35-33-44(38-55(51)60(59)42-20-5-2-6-21-42)49-26-11-13-31-56(49)61(46-34-36-58-54(39-46)52-28-12-14-32-57(52)62-58)45-24-15-23-43(37-45)48-30-16-22-40-17-7-8-25-47(40)48/h1-39H. The van der Waals surface area contributed by atoms with Crippen LogP contribution in [-0.4, -0.2) is 0 Å². The second-order valence-electron chi connectivity index (χ2n) is 16.0. The molecule has 0 unspecified atom stereocenters. The molecule has 290 valence electrons. The fourth-order valence-electron chi connectivity index (χ4n) is 9.65. The molecule has 0 amide bonds. The SMILES string of the molecule is c1ccc(-c2c(-c3ccccc3)c3cc(-c4ccccc4N(c4cccc(-c5cccc6ccccc56)c4)c4ccc5sc6ccccc6c5c4)ccc3c3ccccc23)cc1. The number of benzene rings is 11. The quantitative estimate of drug-likeness (QED) is 0.145. The van der Waals surface area contributed by atoms with E-state index in [2.05, 4.69) is 241 Å². The van der Waals surface area contributed by atoms with Crippen molar-refractivity contribution in [1.82, 2.24) is 0 Å². The van der Waals surface area contributed by atoms with Gasteiger partial charge < -0.3 is 4.90 Å². The lowest BCUT2D eigenvalue weighted by Crippen LogP contribution is -2.11. The van der Waals surface area contributed by atoms with Crippen molar-refractivity contribution in [1.29, 1.82) is 0 Å². The molecule has 0 fully saturated rings. The minimum absolute atomic E-state index is 1.10. The smallest absolute Gasteiger partial charge is 0.0540 e. The first-order valence-corrected chi connectivity index (χ1v) is 22.1. The number of rotatable bonds is 7. The van der Waals surface area contributed by atoms with Crippen LogP contribution in [0.1, 0.15) is 0 Å². The molecule has 0 atom stereocenters. The van der Waals surface area contributed by atoms with Crippen molar-refractivity contribution in [2.24, 2.45) is 0 Å². The molecule has 0 aliphatic rings. The molecule has 0 aliphatic heterocycles. The van der Waals surface area contributed by atoms with Crippen molar-refractivity contribution in [3.63, 3.8) is 0 Å². The molecule has 2 heteroatoms. The lowest BCUT2D eigenvalue weighted by atomic mass is 9.84. The molecule has 0 radical (unpaired) electrons. The predicted molar refractivity (Wildman–Crippen MR) is 268 cm³/mol. The van der Waals surface area contributed by atoms with E-state index >= 15 is 0 Å². The van der Waals surface area contributed by atoms with E-state index in [4.69, 9.17) is 0 Å². The molecule has 12 rings (SSSR count). The van der Waals surface area contributed by atoms with E-state index in [-0.39, 0.29) is 0 Å². The summed E-state index contributed by atoms with van der Waals surface area (Å²) in [6.07, 6.45) is 0. The fourth-order valence-corrected chi connectivity index (χ4v) is 10.7. The summed E-state index contributed by atoms with van der Waals surface area (Å²) in [5.41, 5.74) is 13.0. The van der Waals surface area contributed by atoms with Crippen molar-refractivity contribution in [3.05, 3.63) is 237 Å². The lowest BCUT2D eigenvalue weighted by molar-refractivity contribution is 1.29. The topological polar surface area (TPSA) is 3.24 Å². The van der Waals surface area contributed by atoms with Gasteiger partial charge in [-0.3, -0.25) is 0 Å². The summed E-state index contributed by atoms with van der Waals surface area (Å²) in [5, 5.41) is 10.0. The zero-order valence-electron chi connectivity index (χ0n) is 33.9. The fraction of sp³-hybridized carbons (Fsp3) is 0. The molecule has 0 saturated carbocycles. The zero-order valence-corrected chi connectivity index (χ0v) is 34.7. The highest BCUT2D eigenvalue weighted by Gasteiger charge is 2.22. The number of hydrogen-bond acceptors (Lipinski definition) is 2. The maximum absolute atomic E-state index is 2.47.